The summed E-state index contributed by atoms with van der Waals surface area (Å²) >= 11 is 0.259. The van der Waals surface area contributed by atoms with Crippen LogP contribution in [0.5, 0.6) is 0 Å². The summed E-state index contributed by atoms with van der Waals surface area (Å²) in [7, 11) is 0. The van der Waals surface area contributed by atoms with Crippen molar-refractivity contribution in [2.45, 2.75) is 45.8 Å². The lowest BCUT2D eigenvalue weighted by molar-refractivity contribution is -0.143. The average Bonchev–Trinajstić information content (AvgIpc) is 3.03. The number of amides is 2. The van der Waals surface area contributed by atoms with Crippen LogP contribution in [-0.4, -0.2) is 39.5 Å². The Labute approximate surface area is 135 Å². The largest absolute Gasteiger partial charge is 0.445 e. The van der Waals surface area contributed by atoms with Gasteiger partial charge in [-0.2, -0.15) is 13.2 Å². The van der Waals surface area contributed by atoms with Crippen LogP contribution in [0, 0.1) is 5.41 Å². The highest BCUT2D eigenvalue weighted by molar-refractivity contribution is 7.15. The van der Waals surface area contributed by atoms with E-state index in [0.29, 0.717) is 19.4 Å². The van der Waals surface area contributed by atoms with E-state index < -0.39 is 28.5 Å². The molecule has 1 atom stereocenters. The van der Waals surface area contributed by atoms with Gasteiger partial charge >= 0.3 is 6.18 Å². The van der Waals surface area contributed by atoms with E-state index in [1.54, 1.807) is 20.8 Å². The van der Waals surface area contributed by atoms with Crippen molar-refractivity contribution >= 4 is 28.3 Å². The lowest BCUT2D eigenvalue weighted by Gasteiger charge is -2.29. The highest BCUT2D eigenvalue weighted by Crippen LogP contribution is 2.33. The second kappa shape index (κ2) is 6.06. The maximum atomic E-state index is 12.5. The molecular weight excluding hydrogens is 333 g/mol. The van der Waals surface area contributed by atoms with Crippen molar-refractivity contribution in [3.05, 3.63) is 5.01 Å². The van der Waals surface area contributed by atoms with Gasteiger partial charge in [-0.05, 0) is 12.8 Å². The molecule has 6 nitrogen and oxygen atoms in total. The summed E-state index contributed by atoms with van der Waals surface area (Å²) < 4.78 is 37.4. The predicted octanol–water partition coefficient (Wildman–Crippen LogP) is 2.53. The molecule has 2 rings (SSSR count). The smallest absolute Gasteiger partial charge is 0.330 e. The number of rotatable bonds is 2. The molecule has 1 aromatic heterocycles. The van der Waals surface area contributed by atoms with Gasteiger partial charge in [0.2, 0.25) is 22.0 Å². The number of hydrogen-bond acceptors (Lipinski definition) is 5. The lowest BCUT2D eigenvalue weighted by atomic mass is 9.94. The van der Waals surface area contributed by atoms with Crippen LogP contribution in [0.15, 0.2) is 0 Å². The third kappa shape index (κ3) is 3.98. The Morgan fingerprint density at radius 3 is 2.43 bits per heavy atom. The Morgan fingerprint density at radius 1 is 1.26 bits per heavy atom. The van der Waals surface area contributed by atoms with Crippen LogP contribution in [0.2, 0.25) is 0 Å². The van der Waals surface area contributed by atoms with E-state index in [0.717, 1.165) is 0 Å². The van der Waals surface area contributed by atoms with Crippen molar-refractivity contribution in [2.75, 3.05) is 11.9 Å². The number of carbonyl (C=O) groups is 2. The van der Waals surface area contributed by atoms with Crippen LogP contribution >= 0.6 is 11.3 Å². The summed E-state index contributed by atoms with van der Waals surface area (Å²) in [5, 5.41) is 7.31. The molecule has 0 aliphatic carbocycles. The first kappa shape index (κ1) is 17.6. The summed E-state index contributed by atoms with van der Waals surface area (Å²) in [4.78, 5) is 26.1. The summed E-state index contributed by atoms with van der Waals surface area (Å²) in [6.45, 7) is 5.72. The van der Waals surface area contributed by atoms with Gasteiger partial charge in [0.05, 0.1) is 0 Å². The first-order chi connectivity index (χ1) is 10.5. The molecule has 23 heavy (non-hydrogen) atoms. The third-order valence-corrected chi connectivity index (χ3v) is 4.24. The molecule has 0 aromatic carbocycles. The molecule has 1 fully saturated rings. The van der Waals surface area contributed by atoms with E-state index in [4.69, 9.17) is 0 Å². The van der Waals surface area contributed by atoms with E-state index in [1.807, 2.05) is 0 Å². The summed E-state index contributed by atoms with van der Waals surface area (Å²) in [5.74, 6) is -0.701. The van der Waals surface area contributed by atoms with Gasteiger partial charge < -0.3 is 4.90 Å². The molecule has 1 unspecified atom stereocenters. The Morgan fingerprint density at radius 2 is 1.91 bits per heavy atom. The molecule has 1 aliphatic heterocycles. The van der Waals surface area contributed by atoms with Crippen molar-refractivity contribution in [1.29, 1.82) is 0 Å². The summed E-state index contributed by atoms with van der Waals surface area (Å²) in [5.41, 5.74) is -0.630. The fourth-order valence-electron chi connectivity index (χ4n) is 2.29. The van der Waals surface area contributed by atoms with E-state index in [-0.39, 0.29) is 22.4 Å². The van der Waals surface area contributed by atoms with Gasteiger partial charge in [0.1, 0.15) is 6.04 Å². The number of hydrogen-bond donors (Lipinski definition) is 1. The standard InChI is InChI=1S/C13H17F3N4O2S/c1-12(2,3)10(22)20-6-4-5-7(20)8(21)17-11-19-18-9(23-11)13(14,15)16/h7H,4-6H2,1-3H3,(H,17,19,21). The molecular formula is C13H17F3N4O2S. The average molecular weight is 350 g/mol. The van der Waals surface area contributed by atoms with E-state index >= 15 is 0 Å². The Hall–Kier alpha value is -1.71. The highest BCUT2D eigenvalue weighted by Gasteiger charge is 2.39. The molecule has 0 bridgehead atoms. The zero-order valence-corrected chi connectivity index (χ0v) is 13.7. The van der Waals surface area contributed by atoms with Gasteiger partial charge in [0.15, 0.2) is 0 Å². The normalized spacial score (nSPS) is 19.0. The SMILES string of the molecule is CC(C)(C)C(=O)N1CCCC1C(=O)Nc1nnc(C(F)(F)F)s1. The number of carbonyl (C=O) groups excluding carboxylic acids is 2. The van der Waals surface area contributed by atoms with Crippen molar-refractivity contribution in [3.63, 3.8) is 0 Å². The van der Waals surface area contributed by atoms with Gasteiger partial charge in [-0.3, -0.25) is 14.9 Å². The number of alkyl halides is 3. The maximum absolute atomic E-state index is 12.5. The Kier molecular flexibility index (Phi) is 4.65. The second-order valence-electron chi connectivity index (χ2n) is 6.31. The molecule has 2 amide bonds. The van der Waals surface area contributed by atoms with Crippen molar-refractivity contribution in [2.24, 2.45) is 5.41 Å². The predicted molar refractivity (Wildman–Crippen MR) is 77.7 cm³/mol. The quantitative estimate of drug-likeness (QED) is 0.889. The number of halogens is 3. The van der Waals surface area contributed by atoms with Crippen LogP contribution in [0.1, 0.15) is 38.6 Å². The molecule has 128 valence electrons. The van der Waals surface area contributed by atoms with Crippen molar-refractivity contribution in [1.82, 2.24) is 15.1 Å². The van der Waals surface area contributed by atoms with Crippen LogP contribution in [0.3, 0.4) is 0 Å². The first-order valence-corrected chi connectivity index (χ1v) is 7.84. The zero-order valence-electron chi connectivity index (χ0n) is 12.9. The second-order valence-corrected chi connectivity index (χ2v) is 7.28. The van der Waals surface area contributed by atoms with E-state index in [2.05, 4.69) is 15.5 Å². The van der Waals surface area contributed by atoms with Crippen LogP contribution in [-0.2, 0) is 15.8 Å². The molecule has 0 saturated carbocycles. The number of likely N-dealkylation sites (tertiary alicyclic amines) is 1. The molecule has 2 heterocycles. The number of nitrogens with zero attached hydrogens (tertiary/aromatic N) is 3. The molecule has 0 radical (unpaired) electrons. The number of nitrogens with one attached hydrogen (secondary N) is 1. The first-order valence-electron chi connectivity index (χ1n) is 7.03. The third-order valence-electron chi connectivity index (χ3n) is 3.36. The van der Waals surface area contributed by atoms with Crippen LogP contribution < -0.4 is 5.32 Å². The van der Waals surface area contributed by atoms with E-state index in [9.17, 15) is 22.8 Å². The van der Waals surface area contributed by atoms with Gasteiger partial charge in [-0.1, -0.05) is 32.1 Å². The monoisotopic (exact) mass is 350 g/mol. The minimum Gasteiger partial charge on any atom is -0.330 e. The molecule has 1 saturated heterocycles. The number of aromatic nitrogens is 2. The molecule has 10 heteroatoms. The molecule has 1 N–H and O–H groups in total. The fourth-order valence-corrected chi connectivity index (χ4v) is 2.90. The number of anilines is 1. The summed E-state index contributed by atoms with van der Waals surface area (Å²) in [6, 6.07) is -0.694. The fraction of sp³-hybridized carbons (Fsp3) is 0.692. The van der Waals surface area contributed by atoms with Crippen LogP contribution in [0.4, 0.5) is 18.3 Å². The molecule has 0 spiro atoms. The highest BCUT2D eigenvalue weighted by atomic mass is 32.1. The molecule has 1 aromatic rings. The van der Waals surface area contributed by atoms with Gasteiger partial charge in [-0.15, -0.1) is 10.2 Å². The Balaban J connectivity index is 2.08. The van der Waals surface area contributed by atoms with Gasteiger partial charge in [0, 0.05) is 12.0 Å². The minimum atomic E-state index is -4.60. The topological polar surface area (TPSA) is 75.2 Å². The van der Waals surface area contributed by atoms with Gasteiger partial charge in [0.25, 0.3) is 0 Å². The van der Waals surface area contributed by atoms with Crippen molar-refractivity contribution in [3.8, 4) is 0 Å². The van der Waals surface area contributed by atoms with Gasteiger partial charge in [-0.25, -0.2) is 0 Å². The summed E-state index contributed by atoms with van der Waals surface area (Å²) in [6.07, 6.45) is -3.45. The van der Waals surface area contributed by atoms with Crippen molar-refractivity contribution < 1.29 is 22.8 Å². The lowest BCUT2D eigenvalue weighted by Crippen LogP contribution is -2.47. The minimum absolute atomic E-state index is 0.164. The Bertz CT molecular complexity index is 609. The van der Waals surface area contributed by atoms with E-state index in [1.165, 1.54) is 4.90 Å². The van der Waals surface area contributed by atoms with Crippen LogP contribution in [0.25, 0.3) is 0 Å². The maximum Gasteiger partial charge on any atom is 0.445 e. The molecule has 1 aliphatic rings. The zero-order chi connectivity index (χ0) is 17.4.